The lowest BCUT2D eigenvalue weighted by Crippen LogP contribution is -2.52. The molecule has 1 aliphatic carbocycles. The summed E-state index contributed by atoms with van der Waals surface area (Å²) in [4.78, 5) is 38.1. The maximum Gasteiger partial charge on any atom is 0.271 e. The second-order valence-corrected chi connectivity index (χ2v) is 15.8. The molecule has 1 saturated carbocycles. The van der Waals surface area contributed by atoms with Crippen LogP contribution < -0.4 is 15.4 Å². The van der Waals surface area contributed by atoms with E-state index in [2.05, 4.69) is 4.98 Å². The molecule has 2 aliphatic rings. The van der Waals surface area contributed by atoms with Gasteiger partial charge in [-0.1, -0.05) is 29.8 Å². The third-order valence-corrected chi connectivity index (χ3v) is 10.5. The van der Waals surface area contributed by atoms with Crippen LogP contribution in [0, 0.1) is 5.92 Å². The fraction of sp³-hybridized carbons (Fsp3) is 0.306. The number of sulfone groups is 1. The van der Waals surface area contributed by atoms with E-state index in [0.717, 1.165) is 18.4 Å². The van der Waals surface area contributed by atoms with Crippen LogP contribution in [-0.4, -0.2) is 51.8 Å². The minimum atomic E-state index is -3.43. The van der Waals surface area contributed by atoms with Gasteiger partial charge in [-0.3, -0.25) is 19.5 Å². The first-order chi connectivity index (χ1) is 23.2. The Morgan fingerprint density at radius 1 is 1.12 bits per heavy atom. The van der Waals surface area contributed by atoms with Gasteiger partial charge in [0.05, 0.1) is 51.3 Å². The summed E-state index contributed by atoms with van der Waals surface area (Å²) in [5.41, 5.74) is 9.55. The summed E-state index contributed by atoms with van der Waals surface area (Å²) >= 11 is 6.05. The fourth-order valence-electron chi connectivity index (χ4n) is 6.39. The Morgan fingerprint density at radius 3 is 2.57 bits per heavy atom. The predicted molar refractivity (Wildman–Crippen MR) is 186 cm³/mol. The molecule has 2 aromatic carbocycles. The number of primary amides is 1. The molecule has 0 bridgehead atoms. The molecular weight excluding hydrogens is 664 g/mol. The van der Waals surface area contributed by atoms with Crippen LogP contribution >= 0.6 is 11.6 Å². The molecule has 4 heterocycles. The third kappa shape index (κ3) is 6.15. The summed E-state index contributed by atoms with van der Waals surface area (Å²) in [6.07, 6.45) is 7.03. The molecule has 1 unspecified atom stereocenters. The second-order valence-electron chi connectivity index (χ2n) is 13.3. The monoisotopic (exact) mass is 698 g/mol. The number of hydrogen-bond acceptors (Lipinski definition) is 8. The maximum atomic E-state index is 13.6. The lowest BCUT2D eigenvalue weighted by Gasteiger charge is -2.39. The molecule has 11 nitrogen and oxygen atoms in total. The van der Waals surface area contributed by atoms with Crippen molar-refractivity contribution in [1.82, 2.24) is 19.7 Å². The summed E-state index contributed by atoms with van der Waals surface area (Å²) in [6.45, 7) is 5.56. The molecule has 3 aromatic heterocycles. The zero-order valence-electron chi connectivity index (χ0n) is 27.5. The van der Waals surface area contributed by atoms with E-state index in [0.29, 0.717) is 67.9 Å². The van der Waals surface area contributed by atoms with Crippen LogP contribution in [-0.2, 0) is 27.6 Å². The van der Waals surface area contributed by atoms with Gasteiger partial charge in [0, 0.05) is 23.4 Å². The van der Waals surface area contributed by atoms with Crippen LogP contribution in [0.25, 0.3) is 22.2 Å². The Kier molecular flexibility index (Phi) is 7.98. The number of anilines is 1. The van der Waals surface area contributed by atoms with Gasteiger partial charge < -0.3 is 10.5 Å². The summed E-state index contributed by atoms with van der Waals surface area (Å²) in [7, 11) is -3.43. The zero-order valence-corrected chi connectivity index (χ0v) is 29.0. The average molecular weight is 699 g/mol. The van der Waals surface area contributed by atoms with Crippen molar-refractivity contribution in [3.63, 3.8) is 0 Å². The van der Waals surface area contributed by atoms with Crippen molar-refractivity contribution in [2.45, 2.75) is 63.1 Å². The Morgan fingerprint density at radius 2 is 1.90 bits per heavy atom. The minimum Gasteiger partial charge on any atom is -0.476 e. The van der Waals surface area contributed by atoms with Gasteiger partial charge in [0.25, 0.3) is 11.8 Å². The Hall–Kier alpha value is -4.81. The Labute approximate surface area is 289 Å². The molecule has 5 aromatic rings. The third-order valence-electron chi connectivity index (χ3n) is 9.15. The van der Waals surface area contributed by atoms with Crippen molar-refractivity contribution >= 4 is 50.0 Å². The van der Waals surface area contributed by atoms with E-state index in [1.54, 1.807) is 72.2 Å². The molecular formula is C36H35ClN6O5S. The van der Waals surface area contributed by atoms with Crippen LogP contribution in [0.1, 0.15) is 67.0 Å². The molecule has 13 heteroatoms. The van der Waals surface area contributed by atoms with Crippen molar-refractivity contribution < 1.29 is 22.7 Å². The van der Waals surface area contributed by atoms with Crippen LogP contribution in [0.3, 0.4) is 0 Å². The molecule has 7 rings (SSSR count). The number of benzene rings is 2. The molecule has 1 fully saturated rings. The summed E-state index contributed by atoms with van der Waals surface area (Å²) < 4.78 is 32.7. The van der Waals surface area contributed by atoms with Crippen molar-refractivity contribution in [2.75, 3.05) is 11.2 Å². The number of carbonyl (C=O) groups is 2. The van der Waals surface area contributed by atoms with Crippen LogP contribution in [0.2, 0.25) is 5.02 Å². The fourth-order valence-corrected chi connectivity index (χ4v) is 7.18. The lowest BCUT2D eigenvalue weighted by molar-refractivity contribution is -0.132. The van der Waals surface area contributed by atoms with Gasteiger partial charge in [-0.15, -0.1) is 0 Å². The number of aromatic nitrogens is 4. The number of nitrogens with zero attached hydrogens (tertiary/aromatic N) is 5. The topological polar surface area (TPSA) is 150 Å². The normalized spacial score (nSPS) is 16.3. The first-order valence-electron chi connectivity index (χ1n) is 16.0. The smallest absolute Gasteiger partial charge is 0.271 e. The Bertz CT molecular complexity index is 2260. The van der Waals surface area contributed by atoms with Crippen LogP contribution in [0.15, 0.2) is 71.9 Å². The summed E-state index contributed by atoms with van der Waals surface area (Å²) in [6, 6.07) is 15.4. The first-order valence-corrected chi connectivity index (χ1v) is 18.2. The highest BCUT2D eigenvalue weighted by Crippen LogP contribution is 2.44. The van der Waals surface area contributed by atoms with Gasteiger partial charge in [-0.2, -0.15) is 5.10 Å². The Balaban J connectivity index is 1.39. The van der Waals surface area contributed by atoms with Gasteiger partial charge in [-0.25, -0.2) is 18.1 Å². The molecule has 1 aliphatic heterocycles. The van der Waals surface area contributed by atoms with Crippen LogP contribution in [0.4, 0.5) is 5.69 Å². The van der Waals surface area contributed by atoms with E-state index in [-0.39, 0.29) is 23.4 Å². The minimum absolute atomic E-state index is 0.206. The summed E-state index contributed by atoms with van der Waals surface area (Å²) in [5.74, 6) is 0.0187. The van der Waals surface area contributed by atoms with E-state index < -0.39 is 21.3 Å². The van der Waals surface area contributed by atoms with Crippen molar-refractivity contribution in [3.05, 3.63) is 94.5 Å². The number of amides is 2. The number of rotatable bonds is 9. The molecule has 1 atom stereocenters. The van der Waals surface area contributed by atoms with E-state index in [9.17, 15) is 18.0 Å². The van der Waals surface area contributed by atoms with E-state index in [1.165, 1.54) is 6.26 Å². The molecule has 49 heavy (non-hydrogen) atoms. The van der Waals surface area contributed by atoms with Crippen LogP contribution in [0.5, 0.6) is 5.75 Å². The van der Waals surface area contributed by atoms with E-state index in [1.807, 2.05) is 25.1 Å². The molecule has 0 radical (unpaired) electrons. The van der Waals surface area contributed by atoms with E-state index in [4.69, 9.17) is 32.2 Å². The lowest BCUT2D eigenvalue weighted by atomic mass is 9.92. The number of hydrogen-bond donors (Lipinski definition) is 1. The highest BCUT2D eigenvalue weighted by Gasteiger charge is 2.41. The number of halogens is 1. The molecule has 2 amide bonds. The maximum absolute atomic E-state index is 13.6. The summed E-state index contributed by atoms with van der Waals surface area (Å²) in [5, 5.41) is 5.83. The number of ether oxygens (including phenoxy) is 1. The van der Waals surface area contributed by atoms with Crippen molar-refractivity contribution in [3.8, 4) is 16.9 Å². The first kappa shape index (κ1) is 32.7. The standard InChI is InChI=1S/C36H35ClN6O5S/c1-20(22-6-5-7-26(15-22)49(4,46)47)43-34-27(18-40-43)31(32(33(38)44)28(41-34)14-21-8-9-21)23-10-13-29-30(16-23)48-36(2,3)35(45)42(29)19-25-12-11-24(37)17-39-25/h5-7,10-13,15-18,20-21H,8-9,14,19H2,1-4H3,(H2,38,44). The van der Waals surface area contributed by atoms with Crippen molar-refractivity contribution in [2.24, 2.45) is 11.7 Å². The van der Waals surface area contributed by atoms with Gasteiger partial charge in [0.15, 0.2) is 21.1 Å². The van der Waals surface area contributed by atoms with Crippen molar-refractivity contribution in [1.29, 1.82) is 0 Å². The number of nitrogens with two attached hydrogens (primary N) is 1. The molecule has 2 N–H and O–H groups in total. The number of fused-ring (bicyclic) bond motifs is 2. The molecule has 0 spiro atoms. The zero-order chi connectivity index (χ0) is 34.8. The van der Waals surface area contributed by atoms with E-state index >= 15 is 0 Å². The quantitative estimate of drug-likeness (QED) is 0.199. The SMILES string of the molecule is CC(c1cccc(S(C)(=O)=O)c1)n1ncc2c(-c3ccc4c(c3)OC(C)(C)C(=O)N4Cc3ccc(Cl)cn3)c(C(N)=O)c(CC3CC3)nc21. The number of carbonyl (C=O) groups excluding carboxylic acids is 2. The van der Waals surface area contributed by atoms with Gasteiger partial charge in [0.1, 0.15) is 5.75 Å². The van der Waals surface area contributed by atoms with Gasteiger partial charge >= 0.3 is 0 Å². The average Bonchev–Trinajstić information content (AvgIpc) is 3.77. The molecule has 0 saturated heterocycles. The van der Waals surface area contributed by atoms with Gasteiger partial charge in [-0.05, 0) is 93.5 Å². The number of pyridine rings is 2. The van der Waals surface area contributed by atoms with Gasteiger partial charge in [0.2, 0.25) is 0 Å². The predicted octanol–water partition coefficient (Wildman–Crippen LogP) is 5.92. The highest BCUT2D eigenvalue weighted by molar-refractivity contribution is 7.90. The second kappa shape index (κ2) is 12.0. The molecule has 252 valence electrons. The largest absolute Gasteiger partial charge is 0.476 e. The highest BCUT2D eigenvalue weighted by atomic mass is 35.5.